The Balaban J connectivity index is 1.89. The highest BCUT2D eigenvalue weighted by molar-refractivity contribution is 6.03. The molecule has 0 saturated heterocycles. The van der Waals surface area contributed by atoms with Gasteiger partial charge in [-0.3, -0.25) is 9.59 Å². The molecule has 0 fully saturated rings. The van der Waals surface area contributed by atoms with Crippen LogP contribution in [-0.4, -0.2) is 42.9 Å². The summed E-state index contributed by atoms with van der Waals surface area (Å²) in [5.74, 6) is -2.17. The average Bonchev–Trinajstić information content (AvgIpc) is 3.14. The second-order valence-corrected chi connectivity index (χ2v) is 6.47. The summed E-state index contributed by atoms with van der Waals surface area (Å²) >= 11 is 0. The maximum atomic E-state index is 12.0. The fourth-order valence-electron chi connectivity index (χ4n) is 3.50. The van der Waals surface area contributed by atoms with E-state index in [1.165, 1.54) is 4.68 Å². The lowest BCUT2D eigenvalue weighted by Gasteiger charge is -2.29. The number of hydrogen-bond acceptors (Lipinski definition) is 6. The van der Waals surface area contributed by atoms with Crippen LogP contribution in [0.5, 0.6) is 0 Å². The largest absolute Gasteiger partial charge is 0.481 e. The molecule has 1 aromatic heterocycles. The van der Waals surface area contributed by atoms with E-state index >= 15 is 0 Å². The summed E-state index contributed by atoms with van der Waals surface area (Å²) in [5, 5.41) is 21.4. The van der Waals surface area contributed by atoms with Crippen molar-refractivity contribution in [1.29, 1.82) is 0 Å². The monoisotopic (exact) mass is 376 g/mol. The number of rotatable bonds is 4. The molecular formula is C19H16N6O3. The molecule has 2 heterocycles. The number of nitrogens with zero attached hydrogens (tertiary/aromatic N) is 5. The molecule has 0 radical (unpaired) electrons. The van der Waals surface area contributed by atoms with Crippen LogP contribution in [0, 0.1) is 5.92 Å². The van der Waals surface area contributed by atoms with Crippen LogP contribution in [0.1, 0.15) is 28.9 Å². The van der Waals surface area contributed by atoms with E-state index < -0.39 is 23.8 Å². The lowest BCUT2D eigenvalue weighted by Crippen LogP contribution is -2.36. The lowest BCUT2D eigenvalue weighted by molar-refractivity contribution is -0.140. The molecular weight excluding hydrogens is 360 g/mol. The van der Waals surface area contributed by atoms with E-state index in [1.54, 1.807) is 31.2 Å². The lowest BCUT2D eigenvalue weighted by atomic mass is 9.84. The third-order valence-corrected chi connectivity index (χ3v) is 4.81. The fourth-order valence-corrected chi connectivity index (χ4v) is 3.50. The SMILES string of the molecule is CC1=Nc2nnnn2C(c2ccccc2-c2ccc(C(N)=O)cc2)C1C(=O)O. The molecule has 28 heavy (non-hydrogen) atoms. The summed E-state index contributed by atoms with van der Waals surface area (Å²) in [6.07, 6.45) is 0. The van der Waals surface area contributed by atoms with Gasteiger partial charge in [0.05, 0.1) is 0 Å². The summed E-state index contributed by atoms with van der Waals surface area (Å²) < 4.78 is 1.43. The van der Waals surface area contributed by atoms with Gasteiger partial charge in [0, 0.05) is 11.3 Å². The van der Waals surface area contributed by atoms with Crippen molar-refractivity contribution in [3.63, 3.8) is 0 Å². The van der Waals surface area contributed by atoms with Gasteiger partial charge in [0.2, 0.25) is 5.91 Å². The minimum Gasteiger partial charge on any atom is -0.481 e. The minimum atomic E-state index is -1.01. The number of aliphatic imine (C=N–C) groups is 1. The molecule has 0 aliphatic carbocycles. The van der Waals surface area contributed by atoms with Gasteiger partial charge in [0.25, 0.3) is 5.95 Å². The number of carboxylic acid groups (broad SMARTS) is 1. The minimum absolute atomic E-state index is 0.263. The Hall–Kier alpha value is -3.88. The van der Waals surface area contributed by atoms with Crippen molar-refractivity contribution < 1.29 is 14.7 Å². The zero-order valence-corrected chi connectivity index (χ0v) is 14.9. The molecule has 0 saturated carbocycles. The molecule has 4 rings (SSSR count). The Morgan fingerprint density at radius 2 is 1.82 bits per heavy atom. The molecule has 2 unspecified atom stereocenters. The van der Waals surface area contributed by atoms with Crippen LogP contribution in [0.2, 0.25) is 0 Å². The normalized spacial score (nSPS) is 18.2. The number of aliphatic carboxylic acids is 1. The molecule has 1 amide bonds. The molecule has 0 spiro atoms. The van der Waals surface area contributed by atoms with Crippen molar-refractivity contribution in [3.05, 3.63) is 59.7 Å². The highest BCUT2D eigenvalue weighted by Crippen LogP contribution is 2.39. The van der Waals surface area contributed by atoms with Gasteiger partial charge in [-0.1, -0.05) is 41.5 Å². The number of carboxylic acids is 1. The summed E-state index contributed by atoms with van der Waals surface area (Å²) in [5.41, 5.74) is 8.51. The average molecular weight is 376 g/mol. The molecule has 3 N–H and O–H groups in total. The first-order valence-electron chi connectivity index (χ1n) is 8.52. The van der Waals surface area contributed by atoms with Crippen LogP contribution in [0.4, 0.5) is 5.95 Å². The number of carbonyl (C=O) groups excluding carboxylic acids is 1. The van der Waals surface area contributed by atoms with Crippen molar-refractivity contribution in [2.45, 2.75) is 13.0 Å². The van der Waals surface area contributed by atoms with Crippen molar-refractivity contribution in [1.82, 2.24) is 20.2 Å². The third kappa shape index (κ3) is 2.82. The second kappa shape index (κ2) is 6.69. The van der Waals surface area contributed by atoms with Gasteiger partial charge < -0.3 is 10.8 Å². The summed E-state index contributed by atoms with van der Waals surface area (Å²) in [4.78, 5) is 27.6. The van der Waals surface area contributed by atoms with Crippen LogP contribution in [-0.2, 0) is 4.79 Å². The predicted octanol–water partition coefficient (Wildman–Crippen LogP) is 1.84. The number of benzene rings is 2. The van der Waals surface area contributed by atoms with E-state index in [-0.39, 0.29) is 5.95 Å². The smallest absolute Gasteiger partial charge is 0.314 e. The predicted molar refractivity (Wildman–Crippen MR) is 100 cm³/mol. The van der Waals surface area contributed by atoms with E-state index in [0.29, 0.717) is 11.3 Å². The number of primary amides is 1. The van der Waals surface area contributed by atoms with E-state index in [0.717, 1.165) is 16.7 Å². The molecule has 9 heteroatoms. The number of hydrogen-bond donors (Lipinski definition) is 2. The van der Waals surface area contributed by atoms with Crippen LogP contribution in [0.25, 0.3) is 11.1 Å². The van der Waals surface area contributed by atoms with E-state index in [4.69, 9.17) is 5.73 Å². The highest BCUT2D eigenvalue weighted by atomic mass is 16.4. The number of tetrazole rings is 1. The van der Waals surface area contributed by atoms with Crippen molar-refractivity contribution in [2.24, 2.45) is 16.6 Å². The van der Waals surface area contributed by atoms with Crippen molar-refractivity contribution in [3.8, 4) is 11.1 Å². The molecule has 0 bridgehead atoms. The van der Waals surface area contributed by atoms with Gasteiger partial charge in [-0.05, 0) is 46.2 Å². The molecule has 1 aliphatic rings. The van der Waals surface area contributed by atoms with E-state index in [9.17, 15) is 14.7 Å². The van der Waals surface area contributed by atoms with Gasteiger partial charge in [-0.15, -0.1) is 0 Å². The fraction of sp³-hybridized carbons (Fsp3) is 0.158. The van der Waals surface area contributed by atoms with Crippen LogP contribution >= 0.6 is 0 Å². The zero-order chi connectivity index (χ0) is 19.8. The number of nitrogens with two attached hydrogens (primary N) is 1. The number of aromatic nitrogens is 4. The first-order valence-corrected chi connectivity index (χ1v) is 8.52. The Bertz CT molecular complexity index is 1100. The summed E-state index contributed by atoms with van der Waals surface area (Å²) in [7, 11) is 0. The van der Waals surface area contributed by atoms with Crippen LogP contribution in [0.3, 0.4) is 0 Å². The number of carbonyl (C=O) groups is 2. The van der Waals surface area contributed by atoms with Crippen molar-refractivity contribution in [2.75, 3.05) is 0 Å². The first-order chi connectivity index (χ1) is 13.5. The highest BCUT2D eigenvalue weighted by Gasteiger charge is 2.40. The van der Waals surface area contributed by atoms with Gasteiger partial charge in [-0.2, -0.15) is 0 Å². The van der Waals surface area contributed by atoms with E-state index in [1.807, 2.05) is 24.3 Å². The Labute approximate surface area is 159 Å². The second-order valence-electron chi connectivity index (χ2n) is 6.47. The quantitative estimate of drug-likeness (QED) is 0.713. The number of amides is 1. The topological polar surface area (TPSA) is 136 Å². The Morgan fingerprint density at radius 3 is 2.50 bits per heavy atom. The first kappa shape index (κ1) is 17.5. The third-order valence-electron chi connectivity index (χ3n) is 4.81. The maximum absolute atomic E-state index is 12.0. The van der Waals surface area contributed by atoms with Gasteiger partial charge in [0.15, 0.2) is 0 Å². The Morgan fingerprint density at radius 1 is 1.11 bits per heavy atom. The molecule has 2 atom stereocenters. The zero-order valence-electron chi connectivity index (χ0n) is 14.9. The standard InChI is InChI=1S/C19H16N6O3/c1-10-15(18(27)28)16(25-19(21-10)22-23-24-25)14-5-3-2-4-13(14)11-6-8-12(9-7-11)17(20)26/h2-9,15-16H,1H3,(H2,20,26)(H,27,28). The van der Waals surface area contributed by atoms with Gasteiger partial charge >= 0.3 is 5.97 Å². The molecule has 3 aromatic rings. The summed E-state index contributed by atoms with van der Waals surface area (Å²) in [6.45, 7) is 1.66. The van der Waals surface area contributed by atoms with E-state index in [2.05, 4.69) is 20.5 Å². The maximum Gasteiger partial charge on any atom is 0.314 e. The molecule has 9 nitrogen and oxygen atoms in total. The molecule has 140 valence electrons. The molecule has 2 aromatic carbocycles. The van der Waals surface area contributed by atoms with Crippen molar-refractivity contribution >= 4 is 23.5 Å². The summed E-state index contributed by atoms with van der Waals surface area (Å²) in [6, 6.07) is 13.6. The van der Waals surface area contributed by atoms with Gasteiger partial charge in [-0.25, -0.2) is 9.67 Å². The van der Waals surface area contributed by atoms with Crippen LogP contribution in [0.15, 0.2) is 53.5 Å². The number of fused-ring (bicyclic) bond motifs is 1. The molecule has 1 aliphatic heterocycles. The van der Waals surface area contributed by atoms with Gasteiger partial charge in [0.1, 0.15) is 12.0 Å². The van der Waals surface area contributed by atoms with Crippen LogP contribution < -0.4 is 5.73 Å². The Kier molecular flexibility index (Phi) is 4.19.